The van der Waals surface area contributed by atoms with Crippen LogP contribution in [0.1, 0.15) is 34.1 Å². The second-order valence-electron chi connectivity index (χ2n) is 6.42. The number of rotatable bonds is 7. The second-order valence-corrected chi connectivity index (χ2v) is 6.42. The van der Waals surface area contributed by atoms with Crippen molar-refractivity contribution in [3.63, 3.8) is 0 Å². The molecule has 1 unspecified atom stereocenters. The number of anilines is 1. The smallest absolute Gasteiger partial charge is 0.338 e. The van der Waals surface area contributed by atoms with Crippen LogP contribution in [-0.4, -0.2) is 43.4 Å². The lowest BCUT2D eigenvalue weighted by molar-refractivity contribution is -0.121. The molecule has 156 valence electrons. The fourth-order valence-electron chi connectivity index (χ4n) is 2.94. The van der Waals surface area contributed by atoms with Crippen molar-refractivity contribution in [3.8, 4) is 5.75 Å². The van der Waals surface area contributed by atoms with Crippen LogP contribution in [0.25, 0.3) is 0 Å². The molecule has 30 heavy (non-hydrogen) atoms. The van der Waals surface area contributed by atoms with Crippen LogP contribution in [0.2, 0.25) is 0 Å². The highest BCUT2D eigenvalue weighted by atomic mass is 16.5. The monoisotopic (exact) mass is 411 g/mol. The predicted molar refractivity (Wildman–Crippen MR) is 107 cm³/mol. The van der Waals surface area contributed by atoms with Crippen molar-refractivity contribution in [1.82, 2.24) is 10.9 Å². The molecule has 0 saturated carbocycles. The zero-order valence-electron chi connectivity index (χ0n) is 16.5. The van der Waals surface area contributed by atoms with Gasteiger partial charge in [-0.1, -0.05) is 0 Å². The molecule has 9 heteroatoms. The minimum absolute atomic E-state index is 0.110. The highest BCUT2D eigenvalue weighted by molar-refractivity contribution is 6.22. The molecule has 0 aromatic heterocycles. The molecule has 1 fully saturated rings. The lowest BCUT2D eigenvalue weighted by Gasteiger charge is -2.16. The van der Waals surface area contributed by atoms with E-state index in [0.29, 0.717) is 22.6 Å². The Morgan fingerprint density at radius 2 is 1.67 bits per heavy atom. The Balaban J connectivity index is 1.62. The van der Waals surface area contributed by atoms with E-state index in [1.807, 2.05) is 0 Å². The molecule has 3 rings (SSSR count). The van der Waals surface area contributed by atoms with Gasteiger partial charge in [0.2, 0.25) is 5.91 Å². The fourth-order valence-corrected chi connectivity index (χ4v) is 2.94. The number of methoxy groups -OCH3 is 1. The molecule has 0 bridgehead atoms. The number of imide groups is 1. The molecule has 9 nitrogen and oxygen atoms in total. The number of hydrogen-bond donors (Lipinski definition) is 2. The maximum absolute atomic E-state index is 12.7. The Kier molecular flexibility index (Phi) is 6.43. The van der Waals surface area contributed by atoms with Crippen LogP contribution < -0.4 is 20.5 Å². The van der Waals surface area contributed by atoms with Gasteiger partial charge < -0.3 is 9.47 Å². The van der Waals surface area contributed by atoms with E-state index in [2.05, 4.69) is 10.9 Å². The Morgan fingerprint density at radius 1 is 1.03 bits per heavy atom. The van der Waals surface area contributed by atoms with Crippen molar-refractivity contribution in [2.24, 2.45) is 0 Å². The summed E-state index contributed by atoms with van der Waals surface area (Å²) < 4.78 is 9.95. The molecule has 1 saturated heterocycles. The SMILES string of the molecule is CCOC(=O)c1ccc(N2C(=O)CC(NNC(=O)c3ccc(OC)cc3)C2=O)cc1. The number of hydrazine groups is 1. The van der Waals surface area contributed by atoms with Crippen LogP contribution in [0.5, 0.6) is 5.75 Å². The van der Waals surface area contributed by atoms with Gasteiger partial charge in [-0.25, -0.2) is 15.1 Å². The number of ether oxygens (including phenoxy) is 2. The summed E-state index contributed by atoms with van der Waals surface area (Å²) in [5.74, 6) is -1.24. The predicted octanol–water partition coefficient (Wildman–Crippen LogP) is 1.44. The van der Waals surface area contributed by atoms with Gasteiger partial charge in [-0.2, -0.15) is 0 Å². The third-order valence-electron chi connectivity index (χ3n) is 4.50. The van der Waals surface area contributed by atoms with E-state index < -0.39 is 29.7 Å². The van der Waals surface area contributed by atoms with E-state index >= 15 is 0 Å². The first-order valence-corrected chi connectivity index (χ1v) is 9.28. The van der Waals surface area contributed by atoms with Crippen LogP contribution in [0.4, 0.5) is 5.69 Å². The van der Waals surface area contributed by atoms with Gasteiger partial charge in [-0.05, 0) is 55.5 Å². The van der Waals surface area contributed by atoms with E-state index in [4.69, 9.17) is 9.47 Å². The number of nitrogens with zero attached hydrogens (tertiary/aromatic N) is 1. The number of esters is 1. The third kappa shape index (κ3) is 4.47. The quantitative estimate of drug-likeness (QED) is 0.403. The van der Waals surface area contributed by atoms with E-state index in [0.717, 1.165) is 4.90 Å². The van der Waals surface area contributed by atoms with Gasteiger partial charge in [0.05, 0.1) is 31.4 Å². The lowest BCUT2D eigenvalue weighted by atomic mass is 10.2. The summed E-state index contributed by atoms with van der Waals surface area (Å²) in [7, 11) is 1.52. The van der Waals surface area contributed by atoms with Crippen LogP contribution in [0.3, 0.4) is 0 Å². The van der Waals surface area contributed by atoms with Gasteiger partial charge in [0, 0.05) is 5.56 Å². The lowest BCUT2D eigenvalue weighted by Crippen LogP contribution is -2.48. The zero-order valence-corrected chi connectivity index (χ0v) is 16.5. The van der Waals surface area contributed by atoms with Gasteiger partial charge in [-0.15, -0.1) is 0 Å². The highest BCUT2D eigenvalue weighted by Crippen LogP contribution is 2.23. The van der Waals surface area contributed by atoms with Crippen molar-refractivity contribution in [1.29, 1.82) is 0 Å². The van der Waals surface area contributed by atoms with Crippen molar-refractivity contribution in [3.05, 3.63) is 59.7 Å². The molecule has 2 N–H and O–H groups in total. The largest absolute Gasteiger partial charge is 0.497 e. The summed E-state index contributed by atoms with van der Waals surface area (Å²) in [6.45, 7) is 1.95. The molecule has 0 spiro atoms. The summed E-state index contributed by atoms with van der Waals surface area (Å²) in [5.41, 5.74) is 6.09. The Hall–Kier alpha value is -3.72. The molecular formula is C21H21N3O6. The van der Waals surface area contributed by atoms with Crippen molar-refractivity contribution >= 4 is 29.4 Å². The number of hydrogen-bond acceptors (Lipinski definition) is 7. The molecule has 2 aromatic rings. The van der Waals surface area contributed by atoms with Crippen molar-refractivity contribution in [2.45, 2.75) is 19.4 Å². The first kappa shape index (κ1) is 21.0. The standard InChI is InChI=1S/C21H21N3O6/c1-3-30-21(28)14-4-8-15(9-5-14)24-18(25)12-17(20(24)27)22-23-19(26)13-6-10-16(29-2)11-7-13/h4-11,17,22H,3,12H2,1-2H3,(H,23,26). The molecule has 1 atom stereocenters. The second kappa shape index (κ2) is 9.19. The van der Waals surface area contributed by atoms with Gasteiger partial charge in [0.25, 0.3) is 11.8 Å². The van der Waals surface area contributed by atoms with Crippen molar-refractivity contribution < 1.29 is 28.7 Å². The van der Waals surface area contributed by atoms with E-state index in [-0.39, 0.29) is 13.0 Å². The summed E-state index contributed by atoms with van der Waals surface area (Å²) in [5, 5.41) is 0. The Labute approximate surface area is 172 Å². The first-order valence-electron chi connectivity index (χ1n) is 9.28. The molecule has 0 aliphatic carbocycles. The summed E-state index contributed by atoms with van der Waals surface area (Å²) in [6, 6.07) is 11.5. The number of amides is 3. The van der Waals surface area contributed by atoms with Gasteiger partial charge >= 0.3 is 5.97 Å². The average molecular weight is 411 g/mol. The van der Waals surface area contributed by atoms with E-state index in [9.17, 15) is 19.2 Å². The summed E-state index contributed by atoms with van der Waals surface area (Å²) in [6.07, 6.45) is -0.110. The maximum Gasteiger partial charge on any atom is 0.338 e. The molecule has 1 aliphatic heterocycles. The molecule has 2 aromatic carbocycles. The number of carbonyl (C=O) groups is 4. The zero-order chi connectivity index (χ0) is 21.7. The van der Waals surface area contributed by atoms with Crippen LogP contribution >= 0.6 is 0 Å². The van der Waals surface area contributed by atoms with Gasteiger partial charge in [-0.3, -0.25) is 19.8 Å². The van der Waals surface area contributed by atoms with E-state index in [1.165, 1.54) is 31.4 Å². The Morgan fingerprint density at radius 3 is 2.27 bits per heavy atom. The molecule has 1 heterocycles. The minimum atomic E-state index is -0.899. The topological polar surface area (TPSA) is 114 Å². The van der Waals surface area contributed by atoms with Gasteiger partial charge in [0.15, 0.2) is 0 Å². The first-order chi connectivity index (χ1) is 14.4. The number of nitrogens with one attached hydrogen (secondary N) is 2. The molecule has 1 aliphatic rings. The minimum Gasteiger partial charge on any atom is -0.497 e. The number of benzene rings is 2. The summed E-state index contributed by atoms with van der Waals surface area (Å²) in [4.78, 5) is 50.0. The average Bonchev–Trinajstić information content (AvgIpc) is 3.05. The van der Waals surface area contributed by atoms with Crippen molar-refractivity contribution in [2.75, 3.05) is 18.6 Å². The molecular weight excluding hydrogens is 390 g/mol. The van der Waals surface area contributed by atoms with Crippen LogP contribution in [0, 0.1) is 0 Å². The normalized spacial score (nSPS) is 15.8. The highest BCUT2D eigenvalue weighted by Gasteiger charge is 2.39. The molecule has 3 amide bonds. The molecule has 0 radical (unpaired) electrons. The Bertz CT molecular complexity index is 956. The number of carbonyl (C=O) groups excluding carboxylic acids is 4. The van der Waals surface area contributed by atoms with E-state index in [1.54, 1.807) is 31.2 Å². The van der Waals surface area contributed by atoms with Gasteiger partial charge in [0.1, 0.15) is 11.8 Å². The fraction of sp³-hybridized carbons (Fsp3) is 0.238. The van der Waals surface area contributed by atoms with Crippen LogP contribution in [0.15, 0.2) is 48.5 Å². The van der Waals surface area contributed by atoms with Crippen LogP contribution in [-0.2, 0) is 14.3 Å². The maximum atomic E-state index is 12.7. The summed E-state index contributed by atoms with van der Waals surface area (Å²) >= 11 is 0. The third-order valence-corrected chi connectivity index (χ3v) is 4.50.